The average Bonchev–Trinajstić information content (AvgIpc) is 3.12. The van der Waals surface area contributed by atoms with Gasteiger partial charge in [-0.25, -0.2) is 19.9 Å². The second-order valence-electron chi connectivity index (χ2n) is 11.1. The Morgan fingerprint density at radius 1 is 0.447 bits per heavy atom. The van der Waals surface area contributed by atoms with Crippen molar-refractivity contribution >= 4 is 21.9 Å². The maximum atomic E-state index is 10.4. The van der Waals surface area contributed by atoms with Crippen LogP contribution in [0.1, 0.15) is 0 Å². The standard InChI is InChI=1S/C40H26N4O3/c45-29-15-20-35-37(21-29)44-38(27-9-5-2-6-10-27)39(43-35)28-13-18-31(19-14-28)47-30-16-11-26(12-17-30)32-22-34-36(41-24-42-40(34)46)23-33(32)25-7-3-1-4-8-25/h1-24,45H,(H,41,42,46). The van der Waals surface area contributed by atoms with Crippen molar-refractivity contribution in [3.8, 4) is 67.9 Å². The molecule has 0 fully saturated rings. The molecule has 0 aliphatic carbocycles. The van der Waals surface area contributed by atoms with E-state index in [1.165, 1.54) is 6.33 Å². The van der Waals surface area contributed by atoms with Crippen molar-refractivity contribution < 1.29 is 14.9 Å². The third kappa shape index (κ3) is 5.47. The molecule has 0 amide bonds. The first kappa shape index (κ1) is 27.9. The summed E-state index contributed by atoms with van der Waals surface area (Å²) in [6.45, 7) is 0. The third-order valence-electron chi connectivity index (χ3n) is 8.06. The molecular weight excluding hydrogens is 584 g/mol. The van der Waals surface area contributed by atoms with Crippen molar-refractivity contribution in [3.63, 3.8) is 0 Å². The molecule has 6 aromatic carbocycles. The van der Waals surface area contributed by atoms with E-state index in [4.69, 9.17) is 14.7 Å². The molecule has 0 radical (unpaired) electrons. The molecule has 0 aliphatic heterocycles. The van der Waals surface area contributed by atoms with Gasteiger partial charge < -0.3 is 14.9 Å². The number of phenolic OH excluding ortho intramolecular Hbond substituents is 1. The average molecular weight is 611 g/mol. The van der Waals surface area contributed by atoms with E-state index < -0.39 is 0 Å². The number of aromatic nitrogens is 4. The molecule has 0 aliphatic rings. The number of fused-ring (bicyclic) bond motifs is 2. The summed E-state index contributed by atoms with van der Waals surface area (Å²) in [5, 5.41) is 21.1. The van der Waals surface area contributed by atoms with Crippen LogP contribution in [0.3, 0.4) is 0 Å². The molecule has 0 saturated heterocycles. The summed E-state index contributed by atoms with van der Waals surface area (Å²) in [6.07, 6.45) is 1.37. The van der Waals surface area contributed by atoms with E-state index in [1.807, 2.05) is 109 Å². The van der Waals surface area contributed by atoms with E-state index in [1.54, 1.807) is 18.2 Å². The fourth-order valence-electron chi connectivity index (χ4n) is 5.75. The highest BCUT2D eigenvalue weighted by Crippen LogP contribution is 2.38. The minimum Gasteiger partial charge on any atom is -0.508 e. The molecule has 7 nitrogen and oxygen atoms in total. The van der Waals surface area contributed by atoms with Crippen molar-refractivity contribution in [2.24, 2.45) is 0 Å². The molecule has 0 unspecified atom stereocenters. The van der Waals surface area contributed by atoms with Crippen LogP contribution in [0.5, 0.6) is 23.1 Å². The van der Waals surface area contributed by atoms with Gasteiger partial charge in [-0.2, -0.15) is 0 Å². The molecule has 7 heteroatoms. The van der Waals surface area contributed by atoms with Crippen LogP contribution in [0, 0.1) is 0 Å². The lowest BCUT2D eigenvalue weighted by molar-refractivity contribution is 0.459. The van der Waals surface area contributed by atoms with Gasteiger partial charge in [-0.1, -0.05) is 72.8 Å². The fourth-order valence-corrected chi connectivity index (χ4v) is 5.75. The molecule has 0 saturated carbocycles. The van der Waals surface area contributed by atoms with E-state index in [0.717, 1.165) is 44.8 Å². The Hall–Kier alpha value is -6.60. The van der Waals surface area contributed by atoms with Gasteiger partial charge in [0.2, 0.25) is 5.88 Å². The van der Waals surface area contributed by atoms with Crippen molar-refractivity contribution in [2.45, 2.75) is 0 Å². The third-order valence-corrected chi connectivity index (χ3v) is 8.06. The summed E-state index contributed by atoms with van der Waals surface area (Å²) in [7, 11) is 0. The zero-order valence-corrected chi connectivity index (χ0v) is 24.9. The van der Waals surface area contributed by atoms with Gasteiger partial charge in [0.05, 0.1) is 33.3 Å². The zero-order chi connectivity index (χ0) is 31.7. The topological polar surface area (TPSA) is 101 Å². The number of phenols is 1. The Labute approximate surface area is 270 Å². The quantitative estimate of drug-likeness (QED) is 0.193. The van der Waals surface area contributed by atoms with Crippen LogP contribution in [0.4, 0.5) is 0 Å². The van der Waals surface area contributed by atoms with Gasteiger partial charge >= 0.3 is 0 Å². The van der Waals surface area contributed by atoms with Gasteiger partial charge in [0.1, 0.15) is 23.6 Å². The number of aromatic hydroxyl groups is 2. The van der Waals surface area contributed by atoms with Crippen molar-refractivity contribution in [1.29, 1.82) is 0 Å². The Morgan fingerprint density at radius 3 is 1.68 bits per heavy atom. The van der Waals surface area contributed by atoms with Crippen LogP contribution >= 0.6 is 0 Å². The van der Waals surface area contributed by atoms with Gasteiger partial charge in [-0.15, -0.1) is 0 Å². The zero-order valence-electron chi connectivity index (χ0n) is 24.9. The maximum Gasteiger partial charge on any atom is 0.221 e. The Morgan fingerprint density at radius 2 is 1.00 bits per heavy atom. The predicted molar refractivity (Wildman–Crippen MR) is 184 cm³/mol. The van der Waals surface area contributed by atoms with E-state index in [0.29, 0.717) is 33.4 Å². The highest BCUT2D eigenvalue weighted by molar-refractivity contribution is 5.96. The molecule has 8 rings (SSSR count). The second-order valence-corrected chi connectivity index (χ2v) is 11.1. The van der Waals surface area contributed by atoms with Crippen molar-refractivity contribution in [1.82, 2.24) is 19.9 Å². The lowest BCUT2D eigenvalue weighted by Gasteiger charge is -2.14. The van der Waals surface area contributed by atoms with Crippen LogP contribution in [0.25, 0.3) is 66.7 Å². The van der Waals surface area contributed by atoms with Gasteiger partial charge in [-0.05, 0) is 82.9 Å². The first-order valence-corrected chi connectivity index (χ1v) is 15.1. The van der Waals surface area contributed by atoms with Gasteiger partial charge in [0.15, 0.2) is 0 Å². The first-order valence-electron chi connectivity index (χ1n) is 15.1. The molecule has 2 aromatic heterocycles. The number of rotatable bonds is 6. The van der Waals surface area contributed by atoms with E-state index in [2.05, 4.69) is 22.1 Å². The molecule has 2 heterocycles. The van der Waals surface area contributed by atoms with Gasteiger partial charge in [0, 0.05) is 17.2 Å². The van der Waals surface area contributed by atoms with E-state index in [-0.39, 0.29) is 11.6 Å². The fraction of sp³-hybridized carbons (Fsp3) is 0. The minimum absolute atomic E-state index is 0.0517. The molecule has 2 N–H and O–H groups in total. The molecule has 0 atom stereocenters. The summed E-state index contributed by atoms with van der Waals surface area (Å²) in [4.78, 5) is 18.2. The molecule has 0 bridgehead atoms. The van der Waals surface area contributed by atoms with Crippen LogP contribution in [0.2, 0.25) is 0 Å². The number of nitrogens with zero attached hydrogens (tertiary/aromatic N) is 4. The largest absolute Gasteiger partial charge is 0.508 e. The normalized spacial score (nSPS) is 11.1. The number of hydrogen-bond donors (Lipinski definition) is 2. The highest BCUT2D eigenvalue weighted by atomic mass is 16.5. The predicted octanol–water partition coefficient (Wildman–Crippen LogP) is 9.44. The van der Waals surface area contributed by atoms with Crippen LogP contribution in [-0.2, 0) is 0 Å². The van der Waals surface area contributed by atoms with Crippen LogP contribution in [-0.4, -0.2) is 30.1 Å². The Kier molecular flexibility index (Phi) is 6.96. The Balaban J connectivity index is 1.10. The molecule has 0 spiro atoms. The van der Waals surface area contributed by atoms with Crippen LogP contribution in [0.15, 0.2) is 146 Å². The number of ether oxygens (including phenoxy) is 1. The van der Waals surface area contributed by atoms with Gasteiger partial charge in [0.25, 0.3) is 0 Å². The summed E-state index contributed by atoms with van der Waals surface area (Å²) in [5.41, 5.74) is 9.27. The molecule has 8 aromatic rings. The molecule has 47 heavy (non-hydrogen) atoms. The Bertz CT molecular complexity index is 2380. The summed E-state index contributed by atoms with van der Waals surface area (Å²) < 4.78 is 6.24. The second kappa shape index (κ2) is 11.7. The molecule has 224 valence electrons. The first-order chi connectivity index (χ1) is 23.1. The van der Waals surface area contributed by atoms with Crippen LogP contribution < -0.4 is 4.74 Å². The highest BCUT2D eigenvalue weighted by Gasteiger charge is 2.15. The minimum atomic E-state index is -0.0517. The maximum absolute atomic E-state index is 10.4. The monoisotopic (exact) mass is 610 g/mol. The SMILES string of the molecule is Oc1ccc2nc(-c3ccc(Oc4ccc(-c5cc6c(O)ncnc6cc5-c5ccccc5)cc4)cc3)c(-c3ccccc3)nc2c1. The smallest absolute Gasteiger partial charge is 0.221 e. The number of hydrogen-bond acceptors (Lipinski definition) is 7. The van der Waals surface area contributed by atoms with Gasteiger partial charge in [-0.3, -0.25) is 0 Å². The van der Waals surface area contributed by atoms with Crippen molar-refractivity contribution in [3.05, 3.63) is 146 Å². The van der Waals surface area contributed by atoms with E-state index in [9.17, 15) is 10.2 Å². The van der Waals surface area contributed by atoms with E-state index >= 15 is 0 Å². The lowest BCUT2D eigenvalue weighted by Crippen LogP contribution is -1.95. The number of benzene rings is 6. The molecular formula is C40H26N4O3. The summed E-state index contributed by atoms with van der Waals surface area (Å²) in [6, 6.07) is 44.6. The summed E-state index contributed by atoms with van der Waals surface area (Å²) >= 11 is 0. The summed E-state index contributed by atoms with van der Waals surface area (Å²) in [5.74, 6) is 1.46. The lowest BCUT2D eigenvalue weighted by atomic mass is 9.93. The van der Waals surface area contributed by atoms with Crippen molar-refractivity contribution in [2.75, 3.05) is 0 Å².